The number of hydrogen-bond donors (Lipinski definition) is 2. The van der Waals surface area contributed by atoms with Gasteiger partial charge in [-0.2, -0.15) is 0 Å². The molecule has 2 atom stereocenters. The molecule has 0 saturated heterocycles. The molecule has 1 aliphatic carbocycles. The normalized spacial score (nSPS) is 17.2. The van der Waals surface area contributed by atoms with E-state index in [1.807, 2.05) is 30.5 Å². The summed E-state index contributed by atoms with van der Waals surface area (Å²) < 4.78 is 5.60. The van der Waals surface area contributed by atoms with E-state index in [1.165, 1.54) is 4.88 Å². The lowest BCUT2D eigenvalue weighted by Crippen LogP contribution is -2.18. The van der Waals surface area contributed by atoms with Gasteiger partial charge in [-0.25, -0.2) is 4.98 Å². The zero-order valence-electron chi connectivity index (χ0n) is 17.0. The summed E-state index contributed by atoms with van der Waals surface area (Å²) in [6.45, 7) is 3.98. The van der Waals surface area contributed by atoms with Gasteiger partial charge in [-0.1, -0.05) is 25.1 Å². The van der Waals surface area contributed by atoms with Crippen molar-refractivity contribution in [1.82, 2.24) is 15.0 Å². The number of ether oxygens (including phenoxy) is 1. The first-order chi connectivity index (χ1) is 14.5. The Bertz CT molecular complexity index is 1320. The minimum Gasteiger partial charge on any atom is -0.454 e. The van der Waals surface area contributed by atoms with Gasteiger partial charge in [-0.05, 0) is 49.3 Å². The SMILES string of the molecule is C[C@H]1CCc2c(sc3nc([C@@H](C)OC(=O)Cc4c[nH]c5ccccc45)[nH]c(=O)c23)C1. The average Bonchev–Trinajstić information content (AvgIpc) is 3.28. The summed E-state index contributed by atoms with van der Waals surface area (Å²) in [5.74, 6) is 0.675. The fourth-order valence-electron chi connectivity index (χ4n) is 4.29. The fourth-order valence-corrected chi connectivity index (χ4v) is 5.68. The Morgan fingerprint density at radius 1 is 1.37 bits per heavy atom. The molecule has 0 spiro atoms. The van der Waals surface area contributed by atoms with E-state index in [2.05, 4.69) is 21.9 Å². The van der Waals surface area contributed by atoms with Crippen LogP contribution in [-0.2, 0) is 28.8 Å². The van der Waals surface area contributed by atoms with Crippen LogP contribution in [0, 0.1) is 5.92 Å². The largest absolute Gasteiger partial charge is 0.454 e. The van der Waals surface area contributed by atoms with Crippen molar-refractivity contribution in [3.63, 3.8) is 0 Å². The number of thiophene rings is 1. The Morgan fingerprint density at radius 2 is 2.20 bits per heavy atom. The number of aryl methyl sites for hydroxylation is 1. The van der Waals surface area contributed by atoms with Crippen molar-refractivity contribution in [2.24, 2.45) is 5.92 Å². The summed E-state index contributed by atoms with van der Waals surface area (Å²) in [6.07, 6.45) is 4.39. The number of aromatic nitrogens is 3. The number of carbonyl (C=O) groups excluding carboxylic acids is 1. The van der Waals surface area contributed by atoms with Crippen LogP contribution in [-0.4, -0.2) is 20.9 Å². The van der Waals surface area contributed by atoms with E-state index in [9.17, 15) is 9.59 Å². The number of para-hydroxylation sites is 1. The van der Waals surface area contributed by atoms with E-state index in [-0.39, 0.29) is 17.9 Å². The maximum absolute atomic E-state index is 12.8. The molecule has 0 saturated carbocycles. The summed E-state index contributed by atoms with van der Waals surface area (Å²) in [4.78, 5) is 38.0. The molecular weight excluding hydrogens is 398 g/mol. The van der Waals surface area contributed by atoms with E-state index in [1.54, 1.807) is 18.3 Å². The highest BCUT2D eigenvalue weighted by Crippen LogP contribution is 2.36. The molecule has 0 amide bonds. The van der Waals surface area contributed by atoms with Gasteiger partial charge in [-0.15, -0.1) is 11.3 Å². The topological polar surface area (TPSA) is 87.8 Å². The van der Waals surface area contributed by atoms with Crippen molar-refractivity contribution >= 4 is 38.4 Å². The van der Waals surface area contributed by atoms with E-state index >= 15 is 0 Å². The van der Waals surface area contributed by atoms with Crippen LogP contribution in [0.1, 0.15) is 48.2 Å². The van der Waals surface area contributed by atoms with Gasteiger partial charge in [0.2, 0.25) is 0 Å². The molecule has 3 aromatic heterocycles. The molecule has 2 N–H and O–H groups in total. The van der Waals surface area contributed by atoms with Gasteiger partial charge in [0.05, 0.1) is 11.8 Å². The first-order valence-corrected chi connectivity index (χ1v) is 11.1. The highest BCUT2D eigenvalue weighted by Gasteiger charge is 2.24. The van der Waals surface area contributed by atoms with Gasteiger partial charge in [-0.3, -0.25) is 9.59 Å². The standard InChI is InChI=1S/C23H23N3O3S/c1-12-7-8-16-18(9-12)30-23-20(16)22(28)25-21(26-23)13(2)29-19(27)10-14-11-24-17-6-4-3-5-15(14)17/h3-6,11-13,24H,7-10H2,1-2H3,(H,25,26,28)/t12-,13+/m0/s1. The molecule has 5 rings (SSSR count). The molecule has 1 aromatic carbocycles. The number of fused-ring (bicyclic) bond motifs is 4. The van der Waals surface area contributed by atoms with Crippen molar-refractivity contribution in [2.75, 3.05) is 0 Å². The molecule has 0 fully saturated rings. The molecule has 4 aromatic rings. The monoisotopic (exact) mass is 421 g/mol. The third-order valence-corrected chi connectivity index (χ3v) is 7.03. The van der Waals surface area contributed by atoms with Gasteiger partial charge >= 0.3 is 5.97 Å². The summed E-state index contributed by atoms with van der Waals surface area (Å²) in [6, 6.07) is 7.84. The minimum absolute atomic E-state index is 0.137. The molecule has 3 heterocycles. The van der Waals surface area contributed by atoms with E-state index in [0.29, 0.717) is 17.1 Å². The minimum atomic E-state index is -0.627. The van der Waals surface area contributed by atoms with Gasteiger partial charge < -0.3 is 14.7 Å². The van der Waals surface area contributed by atoms with Crippen molar-refractivity contribution in [3.8, 4) is 0 Å². The Labute approximate surface area is 177 Å². The number of carbonyl (C=O) groups is 1. The Balaban J connectivity index is 1.37. The van der Waals surface area contributed by atoms with Crippen LogP contribution in [0.25, 0.3) is 21.1 Å². The lowest BCUT2D eigenvalue weighted by atomic mass is 9.89. The number of benzene rings is 1. The van der Waals surface area contributed by atoms with Crippen LogP contribution in [0.3, 0.4) is 0 Å². The van der Waals surface area contributed by atoms with Crippen LogP contribution in [0.4, 0.5) is 0 Å². The molecule has 154 valence electrons. The highest BCUT2D eigenvalue weighted by molar-refractivity contribution is 7.18. The van der Waals surface area contributed by atoms with Crippen molar-refractivity contribution < 1.29 is 9.53 Å². The highest BCUT2D eigenvalue weighted by atomic mass is 32.1. The summed E-state index contributed by atoms with van der Waals surface area (Å²) in [7, 11) is 0. The molecule has 30 heavy (non-hydrogen) atoms. The predicted molar refractivity (Wildman–Crippen MR) is 118 cm³/mol. The average molecular weight is 422 g/mol. The maximum atomic E-state index is 12.8. The first-order valence-electron chi connectivity index (χ1n) is 10.3. The second-order valence-electron chi connectivity index (χ2n) is 8.15. The van der Waals surface area contributed by atoms with Crippen LogP contribution >= 0.6 is 11.3 Å². The first kappa shape index (κ1) is 19.1. The third kappa shape index (κ3) is 3.33. The van der Waals surface area contributed by atoms with Gasteiger partial charge in [0.25, 0.3) is 5.56 Å². The smallest absolute Gasteiger partial charge is 0.311 e. The quantitative estimate of drug-likeness (QED) is 0.477. The van der Waals surface area contributed by atoms with E-state index < -0.39 is 6.10 Å². The summed E-state index contributed by atoms with van der Waals surface area (Å²) >= 11 is 1.60. The third-order valence-electron chi connectivity index (χ3n) is 5.89. The Hall–Kier alpha value is -2.93. The number of aromatic amines is 2. The van der Waals surface area contributed by atoms with Crippen LogP contribution < -0.4 is 5.56 Å². The lowest BCUT2D eigenvalue weighted by Gasteiger charge is -2.17. The van der Waals surface area contributed by atoms with Gasteiger partial charge in [0, 0.05) is 22.0 Å². The number of nitrogens with one attached hydrogen (secondary N) is 2. The zero-order chi connectivity index (χ0) is 20.8. The molecule has 0 radical (unpaired) electrons. The molecule has 0 aliphatic heterocycles. The number of H-pyrrole nitrogens is 2. The van der Waals surface area contributed by atoms with Crippen molar-refractivity contribution in [1.29, 1.82) is 0 Å². The van der Waals surface area contributed by atoms with Crippen LogP contribution in [0.2, 0.25) is 0 Å². The molecule has 7 heteroatoms. The number of nitrogens with zero attached hydrogens (tertiary/aromatic N) is 1. The lowest BCUT2D eigenvalue weighted by molar-refractivity contribution is -0.148. The maximum Gasteiger partial charge on any atom is 0.311 e. The number of esters is 1. The van der Waals surface area contributed by atoms with E-state index in [0.717, 1.165) is 46.1 Å². The van der Waals surface area contributed by atoms with Gasteiger partial charge in [0.1, 0.15) is 4.83 Å². The molecule has 6 nitrogen and oxygen atoms in total. The summed E-state index contributed by atoms with van der Waals surface area (Å²) in [5.41, 5.74) is 2.89. The van der Waals surface area contributed by atoms with Crippen molar-refractivity contribution in [2.45, 2.75) is 45.6 Å². The van der Waals surface area contributed by atoms with Gasteiger partial charge in [0.15, 0.2) is 11.9 Å². The molecule has 0 bridgehead atoms. The fraction of sp³-hybridized carbons (Fsp3) is 0.348. The van der Waals surface area contributed by atoms with Crippen LogP contribution in [0.5, 0.6) is 0 Å². The molecule has 1 aliphatic rings. The Kier molecular flexibility index (Phi) is 4.70. The number of hydrogen-bond acceptors (Lipinski definition) is 5. The number of rotatable bonds is 4. The van der Waals surface area contributed by atoms with Crippen LogP contribution in [0.15, 0.2) is 35.3 Å². The van der Waals surface area contributed by atoms with E-state index in [4.69, 9.17) is 4.74 Å². The second-order valence-corrected chi connectivity index (χ2v) is 9.24. The summed E-state index contributed by atoms with van der Waals surface area (Å²) in [5, 5.41) is 1.72. The molecular formula is C23H23N3O3S. The second kappa shape index (κ2) is 7.40. The Morgan fingerprint density at radius 3 is 3.07 bits per heavy atom. The zero-order valence-corrected chi connectivity index (χ0v) is 17.8. The van der Waals surface area contributed by atoms with Crippen molar-refractivity contribution in [3.05, 3.63) is 62.6 Å². The molecule has 0 unspecified atom stereocenters. The predicted octanol–water partition coefficient (Wildman–Crippen LogP) is 4.44.